The van der Waals surface area contributed by atoms with Crippen molar-refractivity contribution in [2.45, 2.75) is 44.9 Å². The molecule has 1 N–H and O–H groups in total. The molecule has 0 fully saturated rings. The van der Waals surface area contributed by atoms with Gasteiger partial charge in [0.2, 0.25) is 5.91 Å². The quantitative estimate of drug-likeness (QED) is 0.469. The van der Waals surface area contributed by atoms with E-state index in [-0.39, 0.29) is 11.4 Å². The molecule has 0 saturated carbocycles. The molecule has 6 heteroatoms. The van der Waals surface area contributed by atoms with Gasteiger partial charge in [0, 0.05) is 5.69 Å². The molecule has 0 heterocycles. The average Bonchev–Trinajstić information content (AvgIpc) is 2.78. The van der Waals surface area contributed by atoms with Crippen LogP contribution in [-0.2, 0) is 21.2 Å². The third-order valence-corrected chi connectivity index (χ3v) is 7.11. The summed E-state index contributed by atoms with van der Waals surface area (Å²) >= 11 is 0. The van der Waals surface area contributed by atoms with Crippen molar-refractivity contribution >= 4 is 27.3 Å². The summed E-state index contributed by atoms with van der Waals surface area (Å²) < 4.78 is 28.1. The van der Waals surface area contributed by atoms with E-state index in [2.05, 4.69) is 12.2 Å². The number of carbonyl (C=O) groups is 1. The first kappa shape index (κ1) is 23.5. The third kappa shape index (κ3) is 5.77. The fourth-order valence-electron chi connectivity index (χ4n) is 3.45. The molecule has 3 rings (SSSR count). The van der Waals surface area contributed by atoms with Crippen LogP contribution >= 0.6 is 0 Å². The summed E-state index contributed by atoms with van der Waals surface area (Å²) in [4.78, 5) is 13.0. The van der Waals surface area contributed by atoms with E-state index in [1.54, 1.807) is 36.4 Å². The molecule has 0 radical (unpaired) electrons. The Bertz CT molecular complexity index is 1150. The molecule has 32 heavy (non-hydrogen) atoms. The fourth-order valence-corrected chi connectivity index (χ4v) is 4.93. The topological polar surface area (TPSA) is 66.5 Å². The fraction of sp³-hybridized carbons (Fsp3) is 0.269. The van der Waals surface area contributed by atoms with Crippen molar-refractivity contribution in [3.05, 3.63) is 89.5 Å². The Morgan fingerprint density at radius 1 is 0.906 bits per heavy atom. The zero-order chi connectivity index (χ0) is 23.1. The van der Waals surface area contributed by atoms with Gasteiger partial charge in [-0.1, -0.05) is 61.4 Å². The van der Waals surface area contributed by atoms with Crippen molar-refractivity contribution in [3.8, 4) is 0 Å². The van der Waals surface area contributed by atoms with Gasteiger partial charge in [-0.05, 0) is 68.1 Å². The molecule has 0 bridgehead atoms. The number of benzene rings is 3. The number of rotatable bonds is 9. The Kier molecular flexibility index (Phi) is 7.70. The smallest absolute Gasteiger partial charge is 0.264 e. The number of anilines is 2. The first-order chi connectivity index (χ1) is 15.3. The minimum atomic E-state index is -3.93. The monoisotopic (exact) mass is 450 g/mol. The average molecular weight is 451 g/mol. The molecule has 0 aliphatic carbocycles. The summed E-state index contributed by atoms with van der Waals surface area (Å²) in [7, 11) is -3.93. The van der Waals surface area contributed by atoms with Gasteiger partial charge >= 0.3 is 0 Å². The van der Waals surface area contributed by atoms with E-state index in [0.717, 1.165) is 30.4 Å². The molecule has 0 saturated heterocycles. The second kappa shape index (κ2) is 10.5. The summed E-state index contributed by atoms with van der Waals surface area (Å²) in [5.41, 5.74) is 4.09. The van der Waals surface area contributed by atoms with E-state index in [1.165, 1.54) is 9.87 Å². The Hall–Kier alpha value is -3.12. The number of hydrogen-bond acceptors (Lipinski definition) is 3. The van der Waals surface area contributed by atoms with Crippen LogP contribution in [0.1, 0.15) is 36.5 Å². The minimum absolute atomic E-state index is 0.152. The van der Waals surface area contributed by atoms with Crippen LogP contribution in [0.2, 0.25) is 0 Å². The number of carbonyl (C=O) groups excluding carboxylic acids is 1. The van der Waals surface area contributed by atoms with Gasteiger partial charge in [0.15, 0.2) is 0 Å². The molecule has 168 valence electrons. The number of aryl methyl sites for hydroxylation is 3. The van der Waals surface area contributed by atoms with Crippen LogP contribution in [0.15, 0.2) is 77.7 Å². The second-order valence-electron chi connectivity index (χ2n) is 7.96. The SMILES string of the molecule is CCCCc1ccc(NC(=O)CN(c2ccccc2C)S(=O)(=O)c2ccc(C)cc2)cc1. The molecule has 0 atom stereocenters. The molecule has 0 spiro atoms. The molecule has 0 aromatic heterocycles. The lowest BCUT2D eigenvalue weighted by atomic mass is 10.1. The lowest BCUT2D eigenvalue weighted by Gasteiger charge is -2.25. The highest BCUT2D eigenvalue weighted by Crippen LogP contribution is 2.27. The number of para-hydroxylation sites is 1. The largest absolute Gasteiger partial charge is 0.325 e. The number of hydrogen-bond donors (Lipinski definition) is 1. The van der Waals surface area contributed by atoms with Gasteiger partial charge in [-0.15, -0.1) is 0 Å². The van der Waals surface area contributed by atoms with Crippen molar-refractivity contribution in [1.82, 2.24) is 0 Å². The van der Waals surface area contributed by atoms with Gasteiger partial charge in [0.25, 0.3) is 10.0 Å². The van der Waals surface area contributed by atoms with Crippen LogP contribution < -0.4 is 9.62 Å². The molecule has 5 nitrogen and oxygen atoms in total. The van der Waals surface area contributed by atoms with Crippen LogP contribution in [0.25, 0.3) is 0 Å². The Labute approximate surface area is 191 Å². The minimum Gasteiger partial charge on any atom is -0.325 e. The molecule has 0 aliphatic rings. The van der Waals surface area contributed by atoms with Gasteiger partial charge in [-0.3, -0.25) is 9.10 Å². The van der Waals surface area contributed by atoms with Crippen LogP contribution in [0.5, 0.6) is 0 Å². The number of amides is 1. The van der Waals surface area contributed by atoms with E-state index in [4.69, 9.17) is 0 Å². The number of unbranched alkanes of at least 4 members (excludes halogenated alkanes) is 1. The molecule has 3 aromatic carbocycles. The van der Waals surface area contributed by atoms with Crippen LogP contribution in [0.4, 0.5) is 11.4 Å². The predicted molar refractivity (Wildman–Crippen MR) is 131 cm³/mol. The van der Waals surface area contributed by atoms with E-state index in [1.807, 2.05) is 50.2 Å². The Morgan fingerprint density at radius 2 is 1.56 bits per heavy atom. The van der Waals surface area contributed by atoms with E-state index in [0.29, 0.717) is 11.4 Å². The highest BCUT2D eigenvalue weighted by atomic mass is 32.2. The summed E-state index contributed by atoms with van der Waals surface area (Å²) in [5, 5.41) is 2.83. The lowest BCUT2D eigenvalue weighted by Crippen LogP contribution is -2.38. The summed E-state index contributed by atoms with van der Waals surface area (Å²) in [6.45, 7) is 5.56. The molecule has 1 amide bonds. The zero-order valence-corrected chi connectivity index (χ0v) is 19.7. The van der Waals surface area contributed by atoms with Gasteiger partial charge in [0.1, 0.15) is 6.54 Å². The van der Waals surface area contributed by atoms with Crippen molar-refractivity contribution in [1.29, 1.82) is 0 Å². The molecule has 3 aromatic rings. The van der Waals surface area contributed by atoms with E-state index in [9.17, 15) is 13.2 Å². The van der Waals surface area contributed by atoms with E-state index < -0.39 is 15.9 Å². The lowest BCUT2D eigenvalue weighted by molar-refractivity contribution is -0.114. The maximum Gasteiger partial charge on any atom is 0.264 e. The zero-order valence-electron chi connectivity index (χ0n) is 18.8. The number of nitrogens with zero attached hydrogens (tertiary/aromatic N) is 1. The van der Waals surface area contributed by atoms with Crippen molar-refractivity contribution in [2.75, 3.05) is 16.2 Å². The molecular weight excluding hydrogens is 420 g/mol. The predicted octanol–water partition coefficient (Wildman–Crippen LogP) is 5.48. The summed E-state index contributed by atoms with van der Waals surface area (Å²) in [5.74, 6) is -0.398. The highest BCUT2D eigenvalue weighted by molar-refractivity contribution is 7.92. The normalized spacial score (nSPS) is 11.2. The van der Waals surface area contributed by atoms with Gasteiger partial charge in [-0.25, -0.2) is 8.42 Å². The van der Waals surface area contributed by atoms with Gasteiger partial charge in [-0.2, -0.15) is 0 Å². The second-order valence-corrected chi connectivity index (χ2v) is 9.82. The number of sulfonamides is 1. The van der Waals surface area contributed by atoms with Crippen molar-refractivity contribution in [2.24, 2.45) is 0 Å². The van der Waals surface area contributed by atoms with Crippen LogP contribution in [0.3, 0.4) is 0 Å². The summed E-state index contributed by atoms with van der Waals surface area (Å²) in [6, 6.07) is 21.5. The molecular formula is C26H30N2O3S. The first-order valence-electron chi connectivity index (χ1n) is 10.8. The Morgan fingerprint density at radius 3 is 2.19 bits per heavy atom. The highest BCUT2D eigenvalue weighted by Gasteiger charge is 2.28. The molecule has 0 unspecified atom stereocenters. The Balaban J connectivity index is 1.85. The van der Waals surface area contributed by atoms with Crippen molar-refractivity contribution < 1.29 is 13.2 Å². The van der Waals surface area contributed by atoms with E-state index >= 15 is 0 Å². The maximum absolute atomic E-state index is 13.5. The van der Waals surface area contributed by atoms with Gasteiger partial charge in [0.05, 0.1) is 10.6 Å². The first-order valence-corrected chi connectivity index (χ1v) is 12.3. The van der Waals surface area contributed by atoms with Crippen molar-refractivity contribution in [3.63, 3.8) is 0 Å². The third-order valence-electron chi connectivity index (χ3n) is 5.34. The van der Waals surface area contributed by atoms with Crippen LogP contribution in [-0.4, -0.2) is 20.9 Å². The summed E-state index contributed by atoms with van der Waals surface area (Å²) in [6.07, 6.45) is 3.25. The maximum atomic E-state index is 13.5. The molecule has 0 aliphatic heterocycles. The van der Waals surface area contributed by atoms with Gasteiger partial charge < -0.3 is 5.32 Å². The standard InChI is InChI=1S/C26H30N2O3S/c1-4-5-9-22-13-15-23(16-14-22)27-26(29)19-28(25-10-7-6-8-21(25)3)32(30,31)24-17-11-20(2)12-18-24/h6-8,10-18H,4-5,9,19H2,1-3H3,(H,27,29). The van der Waals surface area contributed by atoms with Crippen LogP contribution in [0, 0.1) is 13.8 Å². The number of nitrogens with one attached hydrogen (secondary N) is 1.